The fraction of sp³-hybridized carbons (Fsp3) is 0.667. The lowest BCUT2D eigenvalue weighted by Gasteiger charge is -2.37. The Morgan fingerprint density at radius 3 is 2.88 bits per heavy atom. The van der Waals surface area contributed by atoms with E-state index in [0.29, 0.717) is 6.42 Å². The first-order valence-corrected chi connectivity index (χ1v) is 6.12. The van der Waals surface area contributed by atoms with Crippen molar-refractivity contribution in [1.29, 1.82) is 0 Å². The number of nitrogens with one attached hydrogen (secondary N) is 1. The molecule has 0 aromatic carbocycles. The summed E-state index contributed by atoms with van der Waals surface area (Å²) in [5, 5.41) is 7.05. The summed E-state index contributed by atoms with van der Waals surface area (Å²) in [5.74, 6) is 0.725. The quantitative estimate of drug-likeness (QED) is 0.835. The summed E-state index contributed by atoms with van der Waals surface area (Å²) in [6.07, 6.45) is 5.12. The van der Waals surface area contributed by atoms with Crippen molar-refractivity contribution in [2.45, 2.75) is 51.1 Å². The summed E-state index contributed by atoms with van der Waals surface area (Å²) in [4.78, 5) is 11.9. The zero-order chi connectivity index (χ0) is 12.5. The lowest BCUT2D eigenvalue weighted by atomic mass is 9.75. The Balaban J connectivity index is 1.96. The number of carbonyl (C=O) groups is 1. The van der Waals surface area contributed by atoms with E-state index in [9.17, 15) is 4.79 Å². The van der Waals surface area contributed by atoms with E-state index >= 15 is 0 Å². The molecule has 17 heavy (non-hydrogen) atoms. The maximum atomic E-state index is 11.9. The molecule has 94 valence electrons. The van der Waals surface area contributed by atoms with E-state index in [2.05, 4.69) is 10.4 Å². The van der Waals surface area contributed by atoms with E-state index in [1.54, 1.807) is 10.9 Å². The van der Waals surface area contributed by atoms with Gasteiger partial charge in [-0.3, -0.25) is 4.79 Å². The predicted molar refractivity (Wildman–Crippen MR) is 66.6 cm³/mol. The van der Waals surface area contributed by atoms with Crippen LogP contribution in [0.1, 0.15) is 45.6 Å². The zero-order valence-corrected chi connectivity index (χ0v) is 10.4. The van der Waals surface area contributed by atoms with Gasteiger partial charge in [0.15, 0.2) is 0 Å². The molecular formula is C12H20N4O. The molecule has 1 fully saturated rings. The van der Waals surface area contributed by atoms with Crippen molar-refractivity contribution >= 4 is 11.7 Å². The van der Waals surface area contributed by atoms with Crippen molar-refractivity contribution in [2.24, 2.45) is 5.73 Å². The van der Waals surface area contributed by atoms with Gasteiger partial charge in [0, 0.05) is 24.1 Å². The van der Waals surface area contributed by atoms with Crippen LogP contribution in [0.2, 0.25) is 0 Å². The average Bonchev–Trinajstić information content (AvgIpc) is 2.63. The number of nitrogens with two attached hydrogens (primary N) is 1. The highest BCUT2D eigenvalue weighted by Crippen LogP contribution is 2.32. The standard InChI is InChI=1S/C12H20N4O/c1-9(2)16-10(4-7-14-16)15-11(17)8-12(13)5-3-6-12/h4,7,9H,3,5-6,8,13H2,1-2H3,(H,15,17). The van der Waals surface area contributed by atoms with Crippen molar-refractivity contribution < 1.29 is 4.79 Å². The van der Waals surface area contributed by atoms with Crippen molar-refractivity contribution in [1.82, 2.24) is 9.78 Å². The second-order valence-corrected chi connectivity index (χ2v) is 5.20. The van der Waals surface area contributed by atoms with Crippen LogP contribution in [0, 0.1) is 0 Å². The summed E-state index contributed by atoms with van der Waals surface area (Å²) in [5.41, 5.74) is 5.78. The van der Waals surface area contributed by atoms with Crippen molar-refractivity contribution in [3.63, 3.8) is 0 Å². The number of nitrogens with zero attached hydrogens (tertiary/aromatic N) is 2. The smallest absolute Gasteiger partial charge is 0.227 e. The summed E-state index contributed by atoms with van der Waals surface area (Å²) in [6.45, 7) is 4.05. The Bertz CT molecular complexity index is 406. The highest BCUT2D eigenvalue weighted by Gasteiger charge is 2.34. The van der Waals surface area contributed by atoms with Crippen molar-refractivity contribution in [2.75, 3.05) is 5.32 Å². The number of hydrogen-bond donors (Lipinski definition) is 2. The molecule has 0 atom stereocenters. The van der Waals surface area contributed by atoms with Crippen LogP contribution >= 0.6 is 0 Å². The van der Waals surface area contributed by atoms with E-state index in [1.807, 2.05) is 19.9 Å². The van der Waals surface area contributed by atoms with Gasteiger partial charge in [0.1, 0.15) is 5.82 Å². The van der Waals surface area contributed by atoms with Gasteiger partial charge in [0.05, 0.1) is 6.20 Å². The molecule has 3 N–H and O–H groups in total. The Morgan fingerprint density at radius 1 is 1.65 bits per heavy atom. The molecule has 2 rings (SSSR count). The Kier molecular flexibility index (Phi) is 3.19. The monoisotopic (exact) mass is 236 g/mol. The van der Waals surface area contributed by atoms with Gasteiger partial charge in [-0.1, -0.05) is 0 Å². The molecule has 1 aliphatic carbocycles. The van der Waals surface area contributed by atoms with E-state index in [-0.39, 0.29) is 17.5 Å². The molecule has 5 nitrogen and oxygen atoms in total. The van der Waals surface area contributed by atoms with Crippen LogP contribution in [0.4, 0.5) is 5.82 Å². The van der Waals surface area contributed by atoms with Crippen molar-refractivity contribution in [3.8, 4) is 0 Å². The summed E-state index contributed by atoms with van der Waals surface area (Å²) in [6, 6.07) is 2.04. The molecule has 1 saturated carbocycles. The van der Waals surface area contributed by atoms with Crippen molar-refractivity contribution in [3.05, 3.63) is 12.3 Å². The second kappa shape index (κ2) is 4.49. The lowest BCUT2D eigenvalue weighted by Crippen LogP contribution is -2.49. The molecule has 0 spiro atoms. The molecule has 0 aliphatic heterocycles. The number of carbonyl (C=O) groups excluding carboxylic acids is 1. The van der Waals surface area contributed by atoms with Gasteiger partial charge in [-0.2, -0.15) is 5.10 Å². The molecule has 5 heteroatoms. The van der Waals surface area contributed by atoms with Crippen LogP contribution in [0.5, 0.6) is 0 Å². The van der Waals surface area contributed by atoms with Crippen LogP contribution < -0.4 is 11.1 Å². The predicted octanol–water partition coefficient (Wildman–Crippen LogP) is 1.67. The molecule has 1 aromatic heterocycles. The summed E-state index contributed by atoms with van der Waals surface area (Å²) >= 11 is 0. The molecular weight excluding hydrogens is 216 g/mol. The molecule has 1 amide bonds. The van der Waals surface area contributed by atoms with Gasteiger partial charge in [-0.05, 0) is 33.1 Å². The topological polar surface area (TPSA) is 72.9 Å². The van der Waals surface area contributed by atoms with Gasteiger partial charge in [-0.25, -0.2) is 4.68 Å². The van der Waals surface area contributed by atoms with E-state index in [0.717, 1.165) is 25.1 Å². The third-order valence-corrected chi connectivity index (χ3v) is 3.29. The number of amides is 1. The number of rotatable bonds is 4. The maximum Gasteiger partial charge on any atom is 0.227 e. The summed E-state index contributed by atoms with van der Waals surface area (Å²) in [7, 11) is 0. The molecule has 1 aliphatic rings. The second-order valence-electron chi connectivity index (χ2n) is 5.20. The van der Waals surface area contributed by atoms with Crippen LogP contribution in [0.15, 0.2) is 12.3 Å². The Labute approximate surface area is 101 Å². The molecule has 1 heterocycles. The minimum absolute atomic E-state index is 0.0189. The van der Waals surface area contributed by atoms with Gasteiger partial charge >= 0.3 is 0 Å². The Morgan fingerprint density at radius 2 is 2.35 bits per heavy atom. The molecule has 0 saturated heterocycles. The van der Waals surface area contributed by atoms with E-state index in [4.69, 9.17) is 5.73 Å². The first kappa shape index (κ1) is 12.1. The molecule has 0 unspecified atom stereocenters. The van der Waals surface area contributed by atoms with Gasteiger partial charge < -0.3 is 11.1 Å². The van der Waals surface area contributed by atoms with Crippen LogP contribution in [0.25, 0.3) is 0 Å². The first-order valence-electron chi connectivity index (χ1n) is 6.12. The third kappa shape index (κ3) is 2.66. The van der Waals surface area contributed by atoms with Crippen LogP contribution in [-0.4, -0.2) is 21.2 Å². The van der Waals surface area contributed by atoms with E-state index < -0.39 is 0 Å². The average molecular weight is 236 g/mol. The highest BCUT2D eigenvalue weighted by molar-refractivity contribution is 5.90. The van der Waals surface area contributed by atoms with E-state index in [1.165, 1.54) is 0 Å². The molecule has 1 aromatic rings. The third-order valence-electron chi connectivity index (χ3n) is 3.29. The van der Waals surface area contributed by atoms with Gasteiger partial charge in [0.2, 0.25) is 5.91 Å². The number of aromatic nitrogens is 2. The first-order chi connectivity index (χ1) is 8.00. The normalized spacial score (nSPS) is 17.9. The lowest BCUT2D eigenvalue weighted by molar-refractivity contribution is -0.118. The van der Waals surface area contributed by atoms with Gasteiger partial charge in [0.25, 0.3) is 0 Å². The van der Waals surface area contributed by atoms with Crippen LogP contribution in [-0.2, 0) is 4.79 Å². The highest BCUT2D eigenvalue weighted by atomic mass is 16.1. The SMILES string of the molecule is CC(C)n1nccc1NC(=O)CC1(N)CCC1. The fourth-order valence-corrected chi connectivity index (χ4v) is 2.14. The van der Waals surface area contributed by atoms with Gasteiger partial charge in [-0.15, -0.1) is 0 Å². The minimum Gasteiger partial charge on any atom is -0.325 e. The zero-order valence-electron chi connectivity index (χ0n) is 10.4. The number of hydrogen-bond acceptors (Lipinski definition) is 3. The summed E-state index contributed by atoms with van der Waals surface area (Å²) < 4.78 is 1.79. The largest absolute Gasteiger partial charge is 0.325 e. The fourth-order valence-electron chi connectivity index (χ4n) is 2.14. The Hall–Kier alpha value is -1.36. The molecule has 0 radical (unpaired) electrons. The molecule has 0 bridgehead atoms. The minimum atomic E-state index is -0.271. The number of anilines is 1. The van der Waals surface area contributed by atoms with Crippen LogP contribution in [0.3, 0.4) is 0 Å². The maximum absolute atomic E-state index is 11.9.